The summed E-state index contributed by atoms with van der Waals surface area (Å²) in [6, 6.07) is 5.23. The second-order valence-corrected chi connectivity index (χ2v) is 6.70. The molecular formula is C19H21N5O3. The number of aromatic nitrogens is 3. The molecule has 0 radical (unpaired) electrons. The molecule has 4 heterocycles. The lowest BCUT2D eigenvalue weighted by Crippen LogP contribution is -2.25. The van der Waals surface area contributed by atoms with E-state index < -0.39 is 0 Å². The summed E-state index contributed by atoms with van der Waals surface area (Å²) in [5.41, 5.74) is 1.84. The lowest BCUT2D eigenvalue weighted by atomic mass is 10.1. The Hall–Kier alpha value is -3.00. The van der Waals surface area contributed by atoms with Crippen molar-refractivity contribution in [1.29, 1.82) is 0 Å². The number of amides is 1. The molecule has 1 saturated heterocycles. The highest BCUT2D eigenvalue weighted by molar-refractivity contribution is 6.01. The van der Waals surface area contributed by atoms with Crippen LogP contribution in [0, 0.1) is 6.92 Å². The van der Waals surface area contributed by atoms with Gasteiger partial charge >= 0.3 is 0 Å². The summed E-state index contributed by atoms with van der Waals surface area (Å²) in [7, 11) is 1.55. The van der Waals surface area contributed by atoms with Crippen LogP contribution in [0.4, 0.5) is 5.82 Å². The van der Waals surface area contributed by atoms with Crippen molar-refractivity contribution >= 4 is 28.4 Å². The molecule has 1 aliphatic rings. The lowest BCUT2D eigenvalue weighted by molar-refractivity contribution is 0.0963. The first-order chi connectivity index (χ1) is 13.1. The van der Waals surface area contributed by atoms with Gasteiger partial charge < -0.3 is 15.4 Å². The van der Waals surface area contributed by atoms with Crippen molar-refractivity contribution in [3.63, 3.8) is 0 Å². The second kappa shape index (κ2) is 6.96. The van der Waals surface area contributed by atoms with Crippen LogP contribution in [0.1, 0.15) is 28.8 Å². The zero-order valence-electron chi connectivity index (χ0n) is 15.3. The number of hydrogen-bond acceptors (Lipinski definition) is 6. The zero-order chi connectivity index (χ0) is 19.0. The summed E-state index contributed by atoms with van der Waals surface area (Å²) in [6.07, 6.45) is 3.83. The average molecular weight is 367 g/mol. The summed E-state index contributed by atoms with van der Waals surface area (Å²) < 4.78 is 7.10. The van der Waals surface area contributed by atoms with E-state index in [-0.39, 0.29) is 17.6 Å². The van der Waals surface area contributed by atoms with Gasteiger partial charge in [-0.1, -0.05) is 6.07 Å². The lowest BCUT2D eigenvalue weighted by Gasteiger charge is -2.14. The molecule has 1 atom stereocenters. The number of pyridine rings is 2. The van der Waals surface area contributed by atoms with Crippen LogP contribution in [0.15, 0.2) is 29.2 Å². The maximum absolute atomic E-state index is 12.9. The van der Waals surface area contributed by atoms with Crippen molar-refractivity contribution in [2.45, 2.75) is 25.9 Å². The molecule has 140 valence electrons. The van der Waals surface area contributed by atoms with Crippen LogP contribution < -0.4 is 16.2 Å². The van der Waals surface area contributed by atoms with Gasteiger partial charge in [0.15, 0.2) is 5.65 Å². The highest BCUT2D eigenvalue weighted by atomic mass is 16.5. The summed E-state index contributed by atoms with van der Waals surface area (Å²) in [5, 5.41) is 6.10. The van der Waals surface area contributed by atoms with Crippen LogP contribution in [0.5, 0.6) is 0 Å². The molecule has 0 saturated carbocycles. The monoisotopic (exact) mass is 367 g/mol. The SMILES string of the molecule is CNC(=O)c1cc2c(=O)n3cc(C)ccc3nc2nc1NCC1CCCO1. The molecule has 8 heteroatoms. The fourth-order valence-electron chi connectivity index (χ4n) is 3.30. The first-order valence-corrected chi connectivity index (χ1v) is 8.98. The fourth-order valence-corrected chi connectivity index (χ4v) is 3.30. The minimum Gasteiger partial charge on any atom is -0.376 e. The largest absolute Gasteiger partial charge is 0.376 e. The third-order valence-electron chi connectivity index (χ3n) is 4.74. The molecule has 0 aromatic carbocycles. The van der Waals surface area contributed by atoms with E-state index in [1.807, 2.05) is 13.0 Å². The van der Waals surface area contributed by atoms with Crippen molar-refractivity contribution in [3.8, 4) is 0 Å². The summed E-state index contributed by atoms with van der Waals surface area (Å²) >= 11 is 0. The van der Waals surface area contributed by atoms with Gasteiger partial charge in [0.1, 0.15) is 11.5 Å². The minimum atomic E-state index is -0.312. The normalized spacial score (nSPS) is 16.7. The van der Waals surface area contributed by atoms with Gasteiger partial charge in [-0.3, -0.25) is 14.0 Å². The van der Waals surface area contributed by atoms with E-state index in [1.54, 1.807) is 25.4 Å². The summed E-state index contributed by atoms with van der Waals surface area (Å²) in [5.74, 6) is 0.0914. The Kier molecular flexibility index (Phi) is 4.49. The molecule has 8 nitrogen and oxygen atoms in total. The number of hydrogen-bond donors (Lipinski definition) is 2. The van der Waals surface area contributed by atoms with Crippen LogP contribution in [0.3, 0.4) is 0 Å². The molecule has 1 aliphatic heterocycles. The van der Waals surface area contributed by atoms with E-state index in [4.69, 9.17) is 4.74 Å². The Labute approximate surface area is 155 Å². The standard InChI is InChI=1S/C19H21N5O3/c1-11-5-6-15-22-17-14(19(26)24(15)10-11)8-13(18(25)20-2)16(23-17)21-9-12-4-3-7-27-12/h5-6,8,10,12H,3-4,7,9H2,1-2H3,(H,20,25)(H,21,23). The van der Waals surface area contributed by atoms with Crippen LogP contribution >= 0.6 is 0 Å². The number of nitrogens with one attached hydrogen (secondary N) is 2. The van der Waals surface area contributed by atoms with Gasteiger partial charge in [0.2, 0.25) is 0 Å². The third kappa shape index (κ3) is 3.23. The number of fused-ring (bicyclic) bond motifs is 2. The van der Waals surface area contributed by atoms with Gasteiger partial charge in [-0.2, -0.15) is 0 Å². The predicted octanol–water partition coefficient (Wildman–Crippen LogP) is 1.50. The maximum Gasteiger partial charge on any atom is 0.267 e. The maximum atomic E-state index is 12.9. The van der Waals surface area contributed by atoms with Crippen molar-refractivity contribution in [1.82, 2.24) is 19.7 Å². The average Bonchev–Trinajstić information content (AvgIpc) is 3.19. The van der Waals surface area contributed by atoms with Gasteiger partial charge in [-0.25, -0.2) is 9.97 Å². The summed E-state index contributed by atoms with van der Waals surface area (Å²) in [6.45, 7) is 3.21. The molecule has 1 unspecified atom stereocenters. The Bertz CT molecular complexity index is 1090. The Balaban J connectivity index is 1.85. The van der Waals surface area contributed by atoms with E-state index in [0.29, 0.717) is 34.6 Å². The van der Waals surface area contributed by atoms with Gasteiger partial charge in [-0.15, -0.1) is 0 Å². The van der Waals surface area contributed by atoms with E-state index in [1.165, 1.54) is 4.40 Å². The number of carbonyl (C=O) groups is 1. The Morgan fingerprint density at radius 1 is 1.37 bits per heavy atom. The van der Waals surface area contributed by atoms with Gasteiger partial charge in [0.05, 0.1) is 17.1 Å². The highest BCUT2D eigenvalue weighted by Gasteiger charge is 2.20. The molecule has 1 amide bonds. The number of anilines is 1. The van der Waals surface area contributed by atoms with E-state index in [0.717, 1.165) is 25.0 Å². The van der Waals surface area contributed by atoms with E-state index >= 15 is 0 Å². The summed E-state index contributed by atoms with van der Waals surface area (Å²) in [4.78, 5) is 34.2. The smallest absolute Gasteiger partial charge is 0.267 e. The molecular weight excluding hydrogens is 346 g/mol. The zero-order valence-corrected chi connectivity index (χ0v) is 15.3. The third-order valence-corrected chi connectivity index (χ3v) is 4.74. The predicted molar refractivity (Wildman–Crippen MR) is 102 cm³/mol. The quantitative estimate of drug-likeness (QED) is 0.678. The number of rotatable bonds is 4. The van der Waals surface area contributed by atoms with Crippen molar-refractivity contribution in [2.24, 2.45) is 0 Å². The number of nitrogens with zero attached hydrogens (tertiary/aromatic N) is 3. The molecule has 2 N–H and O–H groups in total. The number of ether oxygens (including phenoxy) is 1. The number of aryl methyl sites for hydroxylation is 1. The van der Waals surface area contributed by atoms with Crippen LogP contribution in [0.2, 0.25) is 0 Å². The van der Waals surface area contributed by atoms with Crippen LogP contribution in [-0.4, -0.2) is 46.6 Å². The minimum absolute atomic E-state index is 0.0956. The van der Waals surface area contributed by atoms with Crippen molar-refractivity contribution in [2.75, 3.05) is 25.5 Å². The van der Waals surface area contributed by atoms with Gasteiger partial charge in [0, 0.05) is 26.4 Å². The molecule has 4 rings (SSSR count). The molecule has 3 aromatic heterocycles. The molecule has 0 aliphatic carbocycles. The van der Waals surface area contributed by atoms with Crippen molar-refractivity contribution in [3.05, 3.63) is 45.9 Å². The van der Waals surface area contributed by atoms with Crippen LogP contribution in [0.25, 0.3) is 16.7 Å². The topological polar surface area (TPSA) is 97.6 Å². The van der Waals surface area contributed by atoms with Gasteiger partial charge in [-0.05, 0) is 37.5 Å². The first-order valence-electron chi connectivity index (χ1n) is 8.98. The van der Waals surface area contributed by atoms with E-state index in [9.17, 15) is 9.59 Å². The number of carbonyl (C=O) groups excluding carboxylic acids is 1. The van der Waals surface area contributed by atoms with Gasteiger partial charge in [0.25, 0.3) is 11.5 Å². The Morgan fingerprint density at radius 3 is 2.96 bits per heavy atom. The first kappa shape index (κ1) is 17.4. The molecule has 0 spiro atoms. The Morgan fingerprint density at radius 2 is 2.22 bits per heavy atom. The molecule has 27 heavy (non-hydrogen) atoms. The van der Waals surface area contributed by atoms with Crippen molar-refractivity contribution < 1.29 is 9.53 Å². The molecule has 1 fully saturated rings. The second-order valence-electron chi connectivity index (χ2n) is 6.70. The molecule has 3 aromatic rings. The van der Waals surface area contributed by atoms with Crippen LogP contribution in [-0.2, 0) is 4.74 Å². The highest BCUT2D eigenvalue weighted by Crippen LogP contribution is 2.20. The fraction of sp³-hybridized carbons (Fsp3) is 0.368. The van der Waals surface area contributed by atoms with E-state index in [2.05, 4.69) is 20.6 Å². The molecule has 0 bridgehead atoms.